The number of aliphatic hydroxyl groups excluding tert-OH is 4. The molecule has 0 aliphatic carbocycles. The SMILES string of the molecule is CC[C@H](C)[C@H](NC(=O)[C@@H](CCCN=C(N)N)NC(=O)[C@H](CC(C)C)NC(=O)[C@@H](NC(=O)[C@@H](NC(=O)OCc1ccccc1)[C@H](NC(=O)OC(C)(C)C)c1ccccc1)[C@H](O)C(C)C)C(=O)N[C@H](C(=O)NCC(=O)N[C@@H](CO)C(=O)N[C@@H](CO)C(=O)O)[C@H](C)O. The van der Waals surface area contributed by atoms with E-state index in [9.17, 15) is 73.2 Å². The van der Waals surface area contributed by atoms with Crippen molar-refractivity contribution in [3.63, 3.8) is 0 Å². The molecular formula is C58H91N13O18. The molecule has 0 aliphatic heterocycles. The Morgan fingerprint density at radius 2 is 1.10 bits per heavy atom. The molecule has 2 aromatic carbocycles. The van der Waals surface area contributed by atoms with Crippen molar-refractivity contribution in [1.29, 1.82) is 0 Å². The van der Waals surface area contributed by atoms with E-state index < -0.39 is 169 Å². The number of aliphatic imine (C=N–C) groups is 1. The third-order valence-corrected chi connectivity index (χ3v) is 13.4. The molecule has 31 heteroatoms. The van der Waals surface area contributed by atoms with Gasteiger partial charge < -0.3 is 99.6 Å². The average molecular weight is 1260 g/mol. The van der Waals surface area contributed by atoms with Crippen molar-refractivity contribution in [1.82, 2.24) is 53.2 Å². The highest BCUT2D eigenvalue weighted by molar-refractivity contribution is 5.98. The van der Waals surface area contributed by atoms with Gasteiger partial charge in [-0.15, -0.1) is 0 Å². The van der Waals surface area contributed by atoms with Crippen LogP contribution in [0.5, 0.6) is 0 Å². The van der Waals surface area contributed by atoms with E-state index in [1.54, 1.807) is 123 Å². The maximum Gasteiger partial charge on any atom is 0.408 e. The first-order valence-corrected chi connectivity index (χ1v) is 29.0. The summed E-state index contributed by atoms with van der Waals surface area (Å²) in [4.78, 5) is 153. The summed E-state index contributed by atoms with van der Waals surface area (Å²) in [7, 11) is 0. The third kappa shape index (κ3) is 27.5. The highest BCUT2D eigenvalue weighted by Gasteiger charge is 2.41. The second-order valence-corrected chi connectivity index (χ2v) is 22.8. The predicted molar refractivity (Wildman–Crippen MR) is 322 cm³/mol. The number of ether oxygens (including phenoxy) is 2. The van der Waals surface area contributed by atoms with Crippen LogP contribution in [-0.4, -0.2) is 189 Å². The second kappa shape index (κ2) is 37.9. The van der Waals surface area contributed by atoms with Gasteiger partial charge in [0.15, 0.2) is 5.96 Å². The van der Waals surface area contributed by atoms with Gasteiger partial charge in [-0.2, -0.15) is 0 Å². The number of aliphatic carboxylic acids is 1. The molecule has 10 amide bonds. The van der Waals surface area contributed by atoms with Gasteiger partial charge in [-0.05, 0) is 75.8 Å². The number of nitrogens with zero attached hydrogens (tertiary/aromatic N) is 1. The van der Waals surface area contributed by atoms with E-state index in [2.05, 4.69) is 52.8 Å². The molecular weight excluding hydrogens is 1170 g/mol. The van der Waals surface area contributed by atoms with Gasteiger partial charge in [0, 0.05) is 6.54 Å². The Kier molecular flexibility index (Phi) is 32.5. The molecule has 2 rings (SSSR count). The van der Waals surface area contributed by atoms with Gasteiger partial charge in [-0.25, -0.2) is 14.4 Å². The number of aliphatic hydroxyl groups is 4. The van der Waals surface area contributed by atoms with Crippen molar-refractivity contribution in [3.05, 3.63) is 71.8 Å². The molecule has 0 fully saturated rings. The van der Waals surface area contributed by atoms with Crippen LogP contribution in [0.4, 0.5) is 9.59 Å². The van der Waals surface area contributed by atoms with E-state index >= 15 is 0 Å². The van der Waals surface area contributed by atoms with Crippen molar-refractivity contribution < 1.29 is 87.7 Å². The van der Waals surface area contributed by atoms with Crippen molar-refractivity contribution in [2.24, 2.45) is 34.2 Å². The standard InChI is InChI=1S/C58H91N13O18/c1-11-32(6)41(51(81)68-42(33(7)74)50(80)62-26-40(75)63-38(27-72)49(79)66-39(28-73)54(84)85)67-47(77)36(23-18-24-61-55(59)60)64-48(78)37(25-30(2)3)65-53(83)45(46(76)31(4)5)69-52(82)44(71-56(86)88-29-34-19-14-12-15-20-34)43(35-21-16-13-17-22-35)70-57(87)89-58(8,9)10/h12-17,19-22,30-33,36-39,41-46,72-74,76H,11,18,23-29H2,1-10H3,(H,62,80)(H,63,75)(H,64,78)(H,65,83)(H,66,79)(H,67,77)(H,68,81)(H,69,82)(H,70,87)(H,71,86)(H,84,85)(H4,59,60,61)/t32-,33-,36+,37-,38-,39-,41-,42-,43+,44-,45-,46+/m0/s1. The van der Waals surface area contributed by atoms with Crippen LogP contribution in [0, 0.1) is 17.8 Å². The van der Waals surface area contributed by atoms with E-state index in [1.807, 2.05) is 5.32 Å². The molecule has 0 aromatic heterocycles. The smallest absolute Gasteiger partial charge is 0.408 e. The summed E-state index contributed by atoms with van der Waals surface area (Å²) in [5.41, 5.74) is 11.0. The fourth-order valence-electron chi connectivity index (χ4n) is 8.37. The molecule has 89 heavy (non-hydrogen) atoms. The summed E-state index contributed by atoms with van der Waals surface area (Å²) in [6, 6.07) is 1.83. The molecule has 0 radical (unpaired) electrons. The van der Waals surface area contributed by atoms with Crippen molar-refractivity contribution >= 4 is 71.4 Å². The molecule has 12 atom stereocenters. The first kappa shape index (κ1) is 76.4. The van der Waals surface area contributed by atoms with Crippen LogP contribution in [-0.2, 0) is 59.2 Å². The Labute approximate surface area is 516 Å². The maximum atomic E-state index is 14.8. The Hall–Kier alpha value is -8.68. The molecule has 19 N–H and O–H groups in total. The quantitative estimate of drug-likeness (QED) is 0.0193. The van der Waals surface area contributed by atoms with Gasteiger partial charge in [0.2, 0.25) is 47.3 Å². The monoisotopic (exact) mass is 1260 g/mol. The zero-order chi connectivity index (χ0) is 67.3. The predicted octanol–water partition coefficient (Wildman–Crippen LogP) is -2.33. The highest BCUT2D eigenvalue weighted by atomic mass is 16.6. The van der Waals surface area contributed by atoms with E-state index in [1.165, 1.54) is 0 Å². The number of carbonyl (C=O) groups is 11. The van der Waals surface area contributed by atoms with Gasteiger partial charge in [0.05, 0.1) is 38.0 Å². The van der Waals surface area contributed by atoms with E-state index in [0.717, 1.165) is 6.92 Å². The first-order valence-electron chi connectivity index (χ1n) is 29.0. The van der Waals surface area contributed by atoms with Crippen molar-refractivity contribution in [3.8, 4) is 0 Å². The first-order chi connectivity index (χ1) is 41.7. The number of hydrogen-bond donors (Lipinski definition) is 17. The lowest BCUT2D eigenvalue weighted by molar-refractivity contribution is -0.143. The lowest BCUT2D eigenvalue weighted by atomic mass is 9.95. The van der Waals surface area contributed by atoms with Crippen LogP contribution in [0.2, 0.25) is 0 Å². The number of guanidine groups is 1. The molecule has 0 saturated carbocycles. The van der Waals surface area contributed by atoms with Gasteiger partial charge in [0.25, 0.3) is 0 Å². The van der Waals surface area contributed by atoms with Crippen molar-refractivity contribution in [2.45, 2.75) is 174 Å². The molecule has 0 saturated heterocycles. The molecule has 0 aliphatic rings. The second-order valence-electron chi connectivity index (χ2n) is 22.8. The Morgan fingerprint density at radius 3 is 1.63 bits per heavy atom. The summed E-state index contributed by atoms with van der Waals surface area (Å²) in [6.45, 7) is 12.6. The number of carbonyl (C=O) groups excluding carboxylic acids is 10. The molecule has 0 heterocycles. The Morgan fingerprint density at radius 1 is 0.584 bits per heavy atom. The van der Waals surface area contributed by atoms with Crippen LogP contribution >= 0.6 is 0 Å². The van der Waals surface area contributed by atoms with Gasteiger partial charge >= 0.3 is 18.2 Å². The van der Waals surface area contributed by atoms with Crippen molar-refractivity contribution in [2.75, 3.05) is 26.3 Å². The van der Waals surface area contributed by atoms with Crippen LogP contribution in [0.3, 0.4) is 0 Å². The fraction of sp³-hybridized carbons (Fsp3) is 0.586. The summed E-state index contributed by atoms with van der Waals surface area (Å²) in [5.74, 6) is -12.1. The lowest BCUT2D eigenvalue weighted by Gasteiger charge is -2.33. The molecule has 0 spiro atoms. The summed E-state index contributed by atoms with van der Waals surface area (Å²) in [5, 5.41) is 74.4. The van der Waals surface area contributed by atoms with Crippen LogP contribution < -0.4 is 64.6 Å². The summed E-state index contributed by atoms with van der Waals surface area (Å²) in [6.07, 6.45) is -5.38. The van der Waals surface area contributed by atoms with Crippen LogP contribution in [0.15, 0.2) is 65.7 Å². The number of carboxylic acids is 1. The number of amides is 10. The normalized spacial score (nSPS) is 15.3. The zero-order valence-corrected chi connectivity index (χ0v) is 51.9. The topological polar surface area (TPSA) is 492 Å². The lowest BCUT2D eigenvalue weighted by Crippen LogP contribution is -2.63. The fourth-order valence-corrected chi connectivity index (χ4v) is 8.37. The number of carboxylic acid groups (broad SMARTS) is 1. The molecule has 0 bridgehead atoms. The van der Waals surface area contributed by atoms with E-state index in [4.69, 9.17) is 26.0 Å². The third-order valence-electron chi connectivity index (χ3n) is 13.4. The Bertz CT molecular complexity index is 2690. The molecule has 2 aromatic rings. The zero-order valence-electron chi connectivity index (χ0n) is 51.9. The minimum Gasteiger partial charge on any atom is -0.480 e. The number of nitrogens with one attached hydrogen (secondary N) is 10. The average Bonchev–Trinajstić information content (AvgIpc) is 3.45. The molecule has 496 valence electrons. The van der Waals surface area contributed by atoms with E-state index in [-0.39, 0.29) is 50.7 Å². The minimum atomic E-state index is -1.87. The number of alkyl carbamates (subject to hydrolysis) is 2. The summed E-state index contributed by atoms with van der Waals surface area (Å²) < 4.78 is 11.0. The number of nitrogens with two attached hydrogens (primary N) is 2. The Balaban J connectivity index is 2.54. The number of hydrogen-bond acceptors (Lipinski definition) is 18. The maximum absolute atomic E-state index is 14.8. The summed E-state index contributed by atoms with van der Waals surface area (Å²) >= 11 is 0. The van der Waals surface area contributed by atoms with Gasteiger partial charge in [-0.3, -0.25) is 43.3 Å². The highest BCUT2D eigenvalue weighted by Crippen LogP contribution is 2.21. The van der Waals surface area contributed by atoms with E-state index in [0.29, 0.717) is 11.1 Å². The van der Waals surface area contributed by atoms with Crippen LogP contribution in [0.1, 0.15) is 112 Å². The number of rotatable bonds is 36. The van der Waals surface area contributed by atoms with Gasteiger partial charge in [0.1, 0.15) is 60.5 Å². The van der Waals surface area contributed by atoms with Crippen LogP contribution in [0.25, 0.3) is 0 Å². The minimum absolute atomic E-state index is 0.0388. The largest absolute Gasteiger partial charge is 0.480 e. The molecule has 0 unspecified atom stereocenters. The van der Waals surface area contributed by atoms with Gasteiger partial charge in [-0.1, -0.05) is 109 Å². The number of benzene rings is 2. The molecule has 31 nitrogen and oxygen atoms in total.